The first-order chi connectivity index (χ1) is 8.45. The second-order valence-corrected chi connectivity index (χ2v) is 6.09. The molecule has 0 aliphatic carbocycles. The number of nitrogen functional groups attached to an aromatic ring is 1. The van der Waals surface area contributed by atoms with Crippen LogP contribution in [0.3, 0.4) is 0 Å². The average molecular weight is 251 g/mol. The number of aromatic nitrogens is 2. The number of rotatable bonds is 2. The van der Waals surface area contributed by atoms with Crippen LogP contribution in [0.4, 0.5) is 5.82 Å². The molecule has 1 saturated heterocycles. The summed E-state index contributed by atoms with van der Waals surface area (Å²) in [6.45, 7) is 11.2. The van der Waals surface area contributed by atoms with Gasteiger partial charge in [0.05, 0.1) is 5.69 Å². The number of anilines is 1. The molecule has 0 amide bonds. The van der Waals surface area contributed by atoms with Gasteiger partial charge in [0.15, 0.2) is 0 Å². The van der Waals surface area contributed by atoms with Crippen molar-refractivity contribution in [3.63, 3.8) is 0 Å². The first kappa shape index (κ1) is 13.4. The number of nitrogens with zero attached hydrogens (tertiary/aromatic N) is 2. The van der Waals surface area contributed by atoms with Crippen molar-refractivity contribution < 1.29 is 4.74 Å². The molecule has 102 valence electrons. The molecule has 2 heterocycles. The highest BCUT2D eigenvalue weighted by molar-refractivity contribution is 5.42. The maximum atomic E-state index is 6.30. The van der Waals surface area contributed by atoms with Gasteiger partial charge in [0, 0.05) is 31.1 Å². The Kier molecular flexibility index (Phi) is 3.66. The van der Waals surface area contributed by atoms with Crippen LogP contribution in [0.5, 0.6) is 0 Å². The van der Waals surface area contributed by atoms with Crippen LogP contribution >= 0.6 is 0 Å². The minimum absolute atomic E-state index is 0.0353. The summed E-state index contributed by atoms with van der Waals surface area (Å²) in [5.41, 5.74) is 7.43. The lowest BCUT2D eigenvalue weighted by Gasteiger charge is -2.20. The summed E-state index contributed by atoms with van der Waals surface area (Å²) >= 11 is 0. The Morgan fingerprint density at radius 1 is 1.33 bits per heavy atom. The molecule has 0 radical (unpaired) electrons. The van der Waals surface area contributed by atoms with Crippen molar-refractivity contribution in [1.82, 2.24) is 9.55 Å². The van der Waals surface area contributed by atoms with Gasteiger partial charge < -0.3 is 15.0 Å². The molecule has 18 heavy (non-hydrogen) atoms. The van der Waals surface area contributed by atoms with E-state index < -0.39 is 0 Å². The van der Waals surface area contributed by atoms with E-state index in [4.69, 9.17) is 15.5 Å². The zero-order chi connectivity index (χ0) is 13.3. The second kappa shape index (κ2) is 4.92. The monoisotopic (exact) mass is 251 g/mol. The first-order valence-corrected chi connectivity index (χ1v) is 6.89. The van der Waals surface area contributed by atoms with Crippen molar-refractivity contribution in [3.05, 3.63) is 11.5 Å². The molecule has 0 atom stereocenters. The largest absolute Gasteiger partial charge is 0.384 e. The third kappa shape index (κ3) is 2.39. The number of hydrogen-bond donors (Lipinski definition) is 1. The Labute approximate surface area is 110 Å². The van der Waals surface area contributed by atoms with E-state index in [1.54, 1.807) is 0 Å². The Morgan fingerprint density at radius 3 is 2.39 bits per heavy atom. The number of hydrogen-bond acceptors (Lipinski definition) is 3. The molecule has 4 nitrogen and oxygen atoms in total. The van der Waals surface area contributed by atoms with Gasteiger partial charge in [-0.15, -0.1) is 0 Å². The third-order valence-corrected chi connectivity index (χ3v) is 3.63. The molecular weight excluding hydrogens is 226 g/mol. The van der Waals surface area contributed by atoms with Gasteiger partial charge in [-0.3, -0.25) is 0 Å². The molecule has 0 aromatic carbocycles. The molecule has 0 spiro atoms. The van der Waals surface area contributed by atoms with Gasteiger partial charge in [0.2, 0.25) is 0 Å². The predicted octanol–water partition coefficient (Wildman–Crippen LogP) is 2.68. The van der Waals surface area contributed by atoms with E-state index >= 15 is 0 Å². The van der Waals surface area contributed by atoms with Crippen LogP contribution in [0.25, 0.3) is 0 Å². The molecule has 1 aromatic rings. The highest BCUT2D eigenvalue weighted by Gasteiger charge is 2.28. The molecule has 2 rings (SSSR count). The lowest BCUT2D eigenvalue weighted by molar-refractivity contribution is 0.0847. The lowest BCUT2D eigenvalue weighted by Crippen LogP contribution is -2.19. The van der Waals surface area contributed by atoms with Crippen LogP contribution in [-0.4, -0.2) is 22.8 Å². The molecule has 2 N–H and O–H groups in total. The van der Waals surface area contributed by atoms with Crippen molar-refractivity contribution in [3.8, 4) is 0 Å². The molecule has 0 bridgehead atoms. The van der Waals surface area contributed by atoms with Gasteiger partial charge in [-0.25, -0.2) is 4.98 Å². The summed E-state index contributed by atoms with van der Waals surface area (Å²) in [6, 6.07) is 0. The van der Waals surface area contributed by atoms with Crippen LogP contribution < -0.4 is 5.73 Å². The van der Waals surface area contributed by atoms with E-state index in [1.165, 1.54) is 0 Å². The van der Waals surface area contributed by atoms with E-state index in [0.717, 1.165) is 49.9 Å². The molecular formula is C14H25N3O. The number of ether oxygens (including phenoxy) is 1. The fourth-order valence-electron chi connectivity index (χ4n) is 2.65. The average Bonchev–Trinajstić information content (AvgIpc) is 2.67. The van der Waals surface area contributed by atoms with Crippen LogP contribution in [0.1, 0.15) is 58.0 Å². The van der Waals surface area contributed by atoms with E-state index in [-0.39, 0.29) is 5.41 Å². The summed E-state index contributed by atoms with van der Waals surface area (Å²) in [5, 5.41) is 0. The van der Waals surface area contributed by atoms with E-state index in [1.807, 2.05) is 0 Å². The minimum Gasteiger partial charge on any atom is -0.384 e. The lowest BCUT2D eigenvalue weighted by atomic mass is 9.95. The maximum Gasteiger partial charge on any atom is 0.127 e. The Bertz CT molecular complexity index is 411. The summed E-state index contributed by atoms with van der Waals surface area (Å²) in [6.07, 6.45) is 2.07. The summed E-state index contributed by atoms with van der Waals surface area (Å²) < 4.78 is 7.57. The quantitative estimate of drug-likeness (QED) is 0.879. The summed E-state index contributed by atoms with van der Waals surface area (Å²) in [7, 11) is 0. The van der Waals surface area contributed by atoms with Crippen molar-refractivity contribution >= 4 is 5.82 Å². The van der Waals surface area contributed by atoms with Gasteiger partial charge in [0.25, 0.3) is 0 Å². The topological polar surface area (TPSA) is 53.1 Å². The van der Waals surface area contributed by atoms with E-state index in [0.29, 0.717) is 5.92 Å². The van der Waals surface area contributed by atoms with Gasteiger partial charge in [0.1, 0.15) is 11.6 Å². The Morgan fingerprint density at radius 2 is 1.94 bits per heavy atom. The highest BCUT2D eigenvalue weighted by Crippen LogP contribution is 2.34. The van der Waals surface area contributed by atoms with E-state index in [2.05, 4.69) is 32.3 Å². The Balaban J connectivity index is 2.39. The highest BCUT2D eigenvalue weighted by atomic mass is 16.5. The summed E-state index contributed by atoms with van der Waals surface area (Å²) in [4.78, 5) is 4.86. The Hall–Kier alpha value is -1.03. The SMILES string of the molecule is CCn1c(C(C)(C)C)nc(C2CCOCC2)c1N. The zero-order valence-corrected chi connectivity index (χ0v) is 12.0. The number of nitrogens with two attached hydrogens (primary N) is 1. The fourth-order valence-corrected chi connectivity index (χ4v) is 2.65. The molecule has 1 aliphatic rings. The second-order valence-electron chi connectivity index (χ2n) is 6.09. The first-order valence-electron chi connectivity index (χ1n) is 6.89. The van der Waals surface area contributed by atoms with Crippen LogP contribution in [0, 0.1) is 0 Å². The van der Waals surface area contributed by atoms with Gasteiger partial charge in [-0.2, -0.15) is 0 Å². The van der Waals surface area contributed by atoms with E-state index in [9.17, 15) is 0 Å². The van der Waals surface area contributed by atoms with Crippen LogP contribution in [-0.2, 0) is 16.7 Å². The van der Waals surface area contributed by atoms with Crippen molar-refractivity contribution in [2.75, 3.05) is 18.9 Å². The predicted molar refractivity (Wildman–Crippen MR) is 73.8 cm³/mol. The maximum absolute atomic E-state index is 6.30. The smallest absolute Gasteiger partial charge is 0.127 e. The normalized spacial score (nSPS) is 18.2. The van der Waals surface area contributed by atoms with Crippen molar-refractivity contribution in [1.29, 1.82) is 0 Å². The van der Waals surface area contributed by atoms with Crippen molar-refractivity contribution in [2.45, 2.75) is 58.4 Å². The molecule has 0 saturated carbocycles. The van der Waals surface area contributed by atoms with Crippen LogP contribution in [0.2, 0.25) is 0 Å². The fraction of sp³-hybridized carbons (Fsp3) is 0.786. The van der Waals surface area contributed by atoms with Gasteiger partial charge in [-0.1, -0.05) is 20.8 Å². The summed E-state index contributed by atoms with van der Waals surface area (Å²) in [5.74, 6) is 2.42. The van der Waals surface area contributed by atoms with Crippen molar-refractivity contribution in [2.24, 2.45) is 0 Å². The molecule has 1 aromatic heterocycles. The van der Waals surface area contributed by atoms with Gasteiger partial charge in [-0.05, 0) is 19.8 Å². The van der Waals surface area contributed by atoms with Crippen LogP contribution in [0.15, 0.2) is 0 Å². The standard InChI is InChI=1S/C14H25N3O/c1-5-17-12(15)11(10-6-8-18-9-7-10)16-13(17)14(2,3)4/h10H,5-9,15H2,1-4H3. The minimum atomic E-state index is 0.0353. The molecule has 1 fully saturated rings. The molecule has 4 heteroatoms. The zero-order valence-electron chi connectivity index (χ0n) is 12.0. The molecule has 0 unspecified atom stereocenters. The van der Waals surface area contributed by atoms with Gasteiger partial charge >= 0.3 is 0 Å². The number of imidazole rings is 1. The third-order valence-electron chi connectivity index (χ3n) is 3.63. The molecule has 1 aliphatic heterocycles.